The molecule has 0 bridgehead atoms. The zero-order valence-electron chi connectivity index (χ0n) is 11.4. The summed E-state index contributed by atoms with van der Waals surface area (Å²) >= 11 is 0. The minimum absolute atomic E-state index is 0.0940. The average molecular weight is 281 g/mol. The Hall–Kier alpha value is -1.96. The van der Waals surface area contributed by atoms with Gasteiger partial charge in [-0.3, -0.25) is 10.1 Å². The number of nitrogens with one attached hydrogen (secondary N) is 1. The van der Waals surface area contributed by atoms with Crippen LogP contribution in [0.5, 0.6) is 0 Å². The molecule has 0 unspecified atom stereocenters. The maximum Gasteiger partial charge on any atom is 0.329 e. The van der Waals surface area contributed by atoms with E-state index in [-0.39, 0.29) is 11.8 Å². The van der Waals surface area contributed by atoms with Crippen molar-refractivity contribution < 1.29 is 10.0 Å². The number of hydrogen-bond acceptors (Lipinski definition) is 7. The standard InChI is InChI=1S/C12H19N5O3/c1-2-5-13-12-14-8-10(17(19)20)11(15-12)16-6-3-9(18)4-7-16/h8-9,18H,2-7H2,1H3,(H,13,14,15). The first-order chi connectivity index (χ1) is 9.61. The van der Waals surface area contributed by atoms with Gasteiger partial charge in [0.1, 0.15) is 6.20 Å². The Kier molecular flexibility index (Phi) is 4.67. The number of nitro groups is 1. The Morgan fingerprint density at radius 1 is 1.55 bits per heavy atom. The smallest absolute Gasteiger partial charge is 0.329 e. The van der Waals surface area contributed by atoms with Gasteiger partial charge in [-0.15, -0.1) is 0 Å². The monoisotopic (exact) mass is 281 g/mol. The fourth-order valence-electron chi connectivity index (χ4n) is 2.13. The predicted molar refractivity (Wildman–Crippen MR) is 74.9 cm³/mol. The molecule has 0 aliphatic carbocycles. The second-order valence-electron chi connectivity index (χ2n) is 4.80. The lowest BCUT2D eigenvalue weighted by atomic mass is 10.1. The summed E-state index contributed by atoms with van der Waals surface area (Å²) in [6.07, 6.45) is 3.03. The highest BCUT2D eigenvalue weighted by Crippen LogP contribution is 2.28. The number of hydrogen-bond donors (Lipinski definition) is 2. The highest BCUT2D eigenvalue weighted by molar-refractivity contribution is 5.59. The average Bonchev–Trinajstić information content (AvgIpc) is 2.45. The highest BCUT2D eigenvalue weighted by Gasteiger charge is 2.26. The molecule has 1 aliphatic rings. The molecular formula is C12H19N5O3. The van der Waals surface area contributed by atoms with Gasteiger partial charge in [0.05, 0.1) is 11.0 Å². The van der Waals surface area contributed by atoms with Crippen LogP contribution in [0.3, 0.4) is 0 Å². The summed E-state index contributed by atoms with van der Waals surface area (Å²) in [6.45, 7) is 3.86. The third-order valence-corrected chi connectivity index (χ3v) is 3.24. The van der Waals surface area contributed by atoms with E-state index in [4.69, 9.17) is 0 Å². The Bertz CT molecular complexity index is 474. The van der Waals surface area contributed by atoms with Crippen LogP contribution in [0.15, 0.2) is 6.20 Å². The first kappa shape index (κ1) is 14.4. The zero-order chi connectivity index (χ0) is 14.5. The third kappa shape index (κ3) is 3.32. The number of anilines is 2. The van der Waals surface area contributed by atoms with Crippen molar-refractivity contribution in [3.8, 4) is 0 Å². The summed E-state index contributed by atoms with van der Waals surface area (Å²) in [5.41, 5.74) is -0.0940. The molecule has 1 aliphatic heterocycles. The molecule has 0 aromatic carbocycles. The number of aromatic nitrogens is 2. The summed E-state index contributed by atoms with van der Waals surface area (Å²) in [6, 6.07) is 0. The van der Waals surface area contributed by atoms with E-state index in [1.807, 2.05) is 11.8 Å². The van der Waals surface area contributed by atoms with Crippen LogP contribution in [0.1, 0.15) is 26.2 Å². The summed E-state index contributed by atoms with van der Waals surface area (Å²) in [4.78, 5) is 20.7. The quantitative estimate of drug-likeness (QED) is 0.616. The van der Waals surface area contributed by atoms with E-state index >= 15 is 0 Å². The molecule has 1 saturated heterocycles. The minimum Gasteiger partial charge on any atom is -0.393 e. The van der Waals surface area contributed by atoms with Gasteiger partial charge in [-0.25, -0.2) is 4.98 Å². The fraction of sp³-hybridized carbons (Fsp3) is 0.667. The second kappa shape index (κ2) is 6.47. The molecule has 0 radical (unpaired) electrons. The lowest BCUT2D eigenvalue weighted by molar-refractivity contribution is -0.384. The van der Waals surface area contributed by atoms with E-state index in [9.17, 15) is 15.2 Å². The van der Waals surface area contributed by atoms with Crippen LogP contribution in [0.25, 0.3) is 0 Å². The minimum atomic E-state index is -0.468. The van der Waals surface area contributed by atoms with Crippen molar-refractivity contribution in [1.82, 2.24) is 9.97 Å². The fourth-order valence-corrected chi connectivity index (χ4v) is 2.13. The number of rotatable bonds is 5. The maximum absolute atomic E-state index is 11.1. The SMILES string of the molecule is CCCNc1ncc([N+](=O)[O-])c(N2CCC(O)CC2)n1. The van der Waals surface area contributed by atoms with E-state index in [1.54, 1.807) is 0 Å². The number of nitrogens with zero attached hydrogens (tertiary/aromatic N) is 4. The van der Waals surface area contributed by atoms with Crippen molar-refractivity contribution in [3.05, 3.63) is 16.3 Å². The van der Waals surface area contributed by atoms with Gasteiger partial charge >= 0.3 is 5.69 Å². The molecule has 0 amide bonds. The van der Waals surface area contributed by atoms with Crippen LogP contribution in [0.2, 0.25) is 0 Å². The summed E-state index contributed by atoms with van der Waals surface area (Å²) in [5, 5.41) is 23.6. The Balaban J connectivity index is 2.24. The highest BCUT2D eigenvalue weighted by atomic mass is 16.6. The van der Waals surface area contributed by atoms with Gasteiger partial charge in [-0.05, 0) is 19.3 Å². The molecule has 8 heteroatoms. The Morgan fingerprint density at radius 3 is 2.85 bits per heavy atom. The molecule has 110 valence electrons. The van der Waals surface area contributed by atoms with Crippen molar-refractivity contribution in [3.63, 3.8) is 0 Å². The van der Waals surface area contributed by atoms with Crippen LogP contribution in [-0.4, -0.2) is 45.7 Å². The van der Waals surface area contributed by atoms with Crippen molar-refractivity contribution >= 4 is 17.5 Å². The molecule has 0 spiro atoms. The summed E-state index contributed by atoms with van der Waals surface area (Å²) < 4.78 is 0. The van der Waals surface area contributed by atoms with Gasteiger partial charge < -0.3 is 15.3 Å². The van der Waals surface area contributed by atoms with Crippen molar-refractivity contribution in [2.75, 3.05) is 29.9 Å². The van der Waals surface area contributed by atoms with E-state index in [1.165, 1.54) is 6.20 Å². The van der Waals surface area contributed by atoms with Crippen LogP contribution in [0, 0.1) is 10.1 Å². The third-order valence-electron chi connectivity index (χ3n) is 3.24. The molecule has 0 saturated carbocycles. The molecule has 1 aromatic heterocycles. The van der Waals surface area contributed by atoms with E-state index < -0.39 is 4.92 Å². The van der Waals surface area contributed by atoms with E-state index in [0.717, 1.165) is 13.0 Å². The van der Waals surface area contributed by atoms with Crippen LogP contribution in [-0.2, 0) is 0 Å². The van der Waals surface area contributed by atoms with Gasteiger partial charge in [0.25, 0.3) is 0 Å². The lowest BCUT2D eigenvalue weighted by Gasteiger charge is -2.30. The number of aliphatic hydroxyl groups is 1. The van der Waals surface area contributed by atoms with Crippen LogP contribution >= 0.6 is 0 Å². The molecule has 20 heavy (non-hydrogen) atoms. The van der Waals surface area contributed by atoms with Gasteiger partial charge in [0, 0.05) is 19.6 Å². The maximum atomic E-state index is 11.1. The Morgan fingerprint density at radius 2 is 2.25 bits per heavy atom. The molecule has 2 heterocycles. The van der Waals surface area contributed by atoms with Crippen molar-refractivity contribution in [2.24, 2.45) is 0 Å². The normalized spacial score (nSPS) is 16.2. The largest absolute Gasteiger partial charge is 0.393 e. The van der Waals surface area contributed by atoms with E-state index in [2.05, 4.69) is 15.3 Å². The summed E-state index contributed by atoms with van der Waals surface area (Å²) in [7, 11) is 0. The first-order valence-corrected chi connectivity index (χ1v) is 6.80. The summed E-state index contributed by atoms with van der Waals surface area (Å²) in [5.74, 6) is 0.731. The van der Waals surface area contributed by atoms with E-state index in [0.29, 0.717) is 37.7 Å². The van der Waals surface area contributed by atoms with Crippen molar-refractivity contribution in [2.45, 2.75) is 32.3 Å². The molecule has 0 atom stereocenters. The van der Waals surface area contributed by atoms with Gasteiger partial charge in [-0.1, -0.05) is 6.92 Å². The van der Waals surface area contributed by atoms with Gasteiger partial charge in [-0.2, -0.15) is 4.98 Å². The molecule has 1 aromatic rings. The first-order valence-electron chi connectivity index (χ1n) is 6.80. The molecule has 1 fully saturated rings. The zero-order valence-corrected chi connectivity index (χ0v) is 11.4. The predicted octanol–water partition coefficient (Wildman–Crippen LogP) is 1.17. The molecular weight excluding hydrogens is 262 g/mol. The van der Waals surface area contributed by atoms with Gasteiger partial charge in [0.15, 0.2) is 0 Å². The second-order valence-corrected chi connectivity index (χ2v) is 4.80. The van der Waals surface area contributed by atoms with Gasteiger partial charge in [0.2, 0.25) is 11.8 Å². The molecule has 2 rings (SSSR count). The molecule has 8 nitrogen and oxygen atoms in total. The Labute approximate surface area is 117 Å². The number of aliphatic hydroxyl groups excluding tert-OH is 1. The topological polar surface area (TPSA) is 104 Å². The van der Waals surface area contributed by atoms with Crippen molar-refractivity contribution in [1.29, 1.82) is 0 Å². The van der Waals surface area contributed by atoms with Crippen LogP contribution < -0.4 is 10.2 Å². The van der Waals surface area contributed by atoms with Crippen LogP contribution in [0.4, 0.5) is 17.5 Å². The lowest BCUT2D eigenvalue weighted by Crippen LogP contribution is -2.36. The molecule has 2 N–H and O–H groups in total. The number of piperidine rings is 1.